The van der Waals surface area contributed by atoms with Gasteiger partial charge in [-0.1, -0.05) is 114 Å². The van der Waals surface area contributed by atoms with Gasteiger partial charge in [-0.3, -0.25) is 13.9 Å². The van der Waals surface area contributed by atoms with Crippen LogP contribution >= 0.6 is 34.8 Å². The number of hydrogen-bond donors (Lipinski definition) is 1. The van der Waals surface area contributed by atoms with Crippen molar-refractivity contribution in [1.82, 2.24) is 10.2 Å². The summed E-state index contributed by atoms with van der Waals surface area (Å²) in [5.41, 5.74) is 2.38. The molecular weight excluding hydrogens is 689 g/mol. The molecule has 0 unspecified atom stereocenters. The van der Waals surface area contributed by atoms with Crippen molar-refractivity contribution in [2.45, 2.75) is 69.0 Å². The van der Waals surface area contributed by atoms with Crippen LogP contribution < -0.4 is 9.62 Å². The second-order valence-corrected chi connectivity index (χ2v) is 15.2. The molecule has 48 heavy (non-hydrogen) atoms. The number of amides is 2. The number of aryl methyl sites for hydroxylation is 1. The number of carbonyl (C=O) groups is 2. The summed E-state index contributed by atoms with van der Waals surface area (Å²) in [6, 6.07) is 26.2. The Bertz CT molecular complexity index is 1810. The van der Waals surface area contributed by atoms with Gasteiger partial charge in [-0.25, -0.2) is 8.42 Å². The van der Waals surface area contributed by atoms with Gasteiger partial charge in [-0.15, -0.1) is 0 Å². The fourth-order valence-electron chi connectivity index (χ4n) is 5.95. The zero-order valence-corrected chi connectivity index (χ0v) is 29.7. The van der Waals surface area contributed by atoms with E-state index in [0.717, 1.165) is 47.5 Å². The summed E-state index contributed by atoms with van der Waals surface area (Å²) < 4.78 is 29.5. The highest BCUT2D eigenvalue weighted by Crippen LogP contribution is 2.30. The average molecular weight is 727 g/mol. The highest BCUT2D eigenvalue weighted by Gasteiger charge is 2.36. The molecule has 0 bridgehead atoms. The molecule has 1 aliphatic rings. The summed E-state index contributed by atoms with van der Waals surface area (Å²) in [5, 5.41) is 4.15. The Morgan fingerprint density at radius 1 is 0.833 bits per heavy atom. The molecule has 0 spiro atoms. The third kappa shape index (κ3) is 8.91. The molecule has 252 valence electrons. The fourth-order valence-corrected chi connectivity index (χ4v) is 8.06. The van der Waals surface area contributed by atoms with Crippen molar-refractivity contribution in [3.8, 4) is 0 Å². The van der Waals surface area contributed by atoms with Gasteiger partial charge in [0.15, 0.2) is 0 Å². The lowest BCUT2D eigenvalue weighted by atomic mass is 9.94. The van der Waals surface area contributed by atoms with E-state index in [0.29, 0.717) is 20.6 Å². The van der Waals surface area contributed by atoms with E-state index in [1.54, 1.807) is 48.5 Å². The largest absolute Gasteiger partial charge is 0.352 e. The molecule has 0 heterocycles. The summed E-state index contributed by atoms with van der Waals surface area (Å²) in [6.07, 6.45) is 5.03. The molecule has 7 nitrogen and oxygen atoms in total. The van der Waals surface area contributed by atoms with Crippen molar-refractivity contribution in [3.63, 3.8) is 0 Å². The van der Waals surface area contributed by atoms with E-state index in [9.17, 15) is 18.0 Å². The van der Waals surface area contributed by atoms with Gasteiger partial charge in [0, 0.05) is 39.6 Å². The first-order valence-electron chi connectivity index (χ1n) is 15.9. The maximum Gasteiger partial charge on any atom is 0.264 e. The number of anilines is 1. The normalized spacial score (nSPS) is 14.2. The molecule has 1 N–H and O–H groups in total. The number of benzene rings is 4. The Kier molecular flexibility index (Phi) is 12.1. The standard InChI is InChI=1S/C37H38Cl3N3O4S/c1-26-18-20-31(21-19-26)48(46,47)43(30-15-8-12-28(38)23-30)25-36(44)42(24-32-33(39)16-9-17-34(32)40)35(22-27-10-4-2-5-11-27)37(45)41-29-13-6-3-7-14-29/h2,4-5,8-12,15-21,23,29,35H,3,6-7,13-14,22,24-25H2,1H3,(H,41,45)/t35-/m0/s1. The molecule has 1 fully saturated rings. The van der Waals surface area contributed by atoms with Crippen LogP contribution in [-0.2, 0) is 32.6 Å². The van der Waals surface area contributed by atoms with Crippen molar-refractivity contribution in [3.05, 3.63) is 129 Å². The first-order valence-corrected chi connectivity index (χ1v) is 18.5. The van der Waals surface area contributed by atoms with Crippen molar-refractivity contribution in [1.29, 1.82) is 0 Å². The van der Waals surface area contributed by atoms with E-state index in [2.05, 4.69) is 5.32 Å². The Balaban J connectivity index is 1.59. The molecule has 2 amide bonds. The van der Waals surface area contributed by atoms with E-state index in [1.807, 2.05) is 37.3 Å². The summed E-state index contributed by atoms with van der Waals surface area (Å²) in [4.78, 5) is 30.4. The van der Waals surface area contributed by atoms with E-state index < -0.39 is 28.5 Å². The maximum absolute atomic E-state index is 14.7. The van der Waals surface area contributed by atoms with Crippen LogP contribution in [-0.4, -0.2) is 43.8 Å². The topological polar surface area (TPSA) is 86.8 Å². The Morgan fingerprint density at radius 3 is 2.12 bits per heavy atom. The summed E-state index contributed by atoms with van der Waals surface area (Å²) in [7, 11) is -4.26. The second-order valence-electron chi connectivity index (χ2n) is 12.1. The van der Waals surface area contributed by atoms with Gasteiger partial charge in [-0.05, 0) is 67.8 Å². The van der Waals surface area contributed by atoms with Gasteiger partial charge in [0.2, 0.25) is 11.8 Å². The molecule has 0 radical (unpaired) electrons. The SMILES string of the molecule is Cc1ccc(S(=O)(=O)N(CC(=O)N(Cc2c(Cl)cccc2Cl)[C@@H](Cc2ccccc2)C(=O)NC2CCCCC2)c2cccc(Cl)c2)cc1. The zero-order chi connectivity index (χ0) is 34.3. The van der Waals surface area contributed by atoms with Crippen LogP contribution in [0.15, 0.2) is 102 Å². The molecule has 1 atom stereocenters. The predicted molar refractivity (Wildman–Crippen MR) is 193 cm³/mol. The molecule has 5 rings (SSSR count). The minimum atomic E-state index is -4.26. The highest BCUT2D eigenvalue weighted by molar-refractivity contribution is 7.92. The van der Waals surface area contributed by atoms with E-state index in [1.165, 1.54) is 23.1 Å². The minimum absolute atomic E-state index is 0.0115. The van der Waals surface area contributed by atoms with E-state index in [4.69, 9.17) is 34.8 Å². The number of carbonyl (C=O) groups excluding carboxylic acids is 2. The van der Waals surface area contributed by atoms with Crippen molar-refractivity contribution >= 4 is 62.3 Å². The van der Waals surface area contributed by atoms with Gasteiger partial charge >= 0.3 is 0 Å². The third-order valence-electron chi connectivity index (χ3n) is 8.60. The van der Waals surface area contributed by atoms with E-state index in [-0.39, 0.29) is 35.5 Å². The van der Waals surface area contributed by atoms with Crippen molar-refractivity contribution < 1.29 is 18.0 Å². The van der Waals surface area contributed by atoms with E-state index >= 15 is 0 Å². The van der Waals surface area contributed by atoms with Gasteiger partial charge < -0.3 is 10.2 Å². The van der Waals surface area contributed by atoms with Crippen LogP contribution in [0.3, 0.4) is 0 Å². The zero-order valence-electron chi connectivity index (χ0n) is 26.6. The molecule has 1 saturated carbocycles. The maximum atomic E-state index is 14.7. The molecule has 4 aromatic carbocycles. The predicted octanol–water partition coefficient (Wildman–Crippen LogP) is 8.24. The Hall–Kier alpha value is -3.56. The highest BCUT2D eigenvalue weighted by atomic mass is 35.5. The van der Waals surface area contributed by atoms with Gasteiger partial charge in [0.1, 0.15) is 12.6 Å². The minimum Gasteiger partial charge on any atom is -0.352 e. The van der Waals surface area contributed by atoms with Crippen LogP contribution in [0.4, 0.5) is 5.69 Å². The number of nitrogens with one attached hydrogen (secondary N) is 1. The Labute approximate surface area is 297 Å². The first-order chi connectivity index (χ1) is 23.0. The number of nitrogens with zero attached hydrogens (tertiary/aromatic N) is 2. The smallest absolute Gasteiger partial charge is 0.264 e. The van der Waals surface area contributed by atoms with Crippen LogP contribution in [0.25, 0.3) is 0 Å². The van der Waals surface area contributed by atoms with Gasteiger partial charge in [0.05, 0.1) is 10.6 Å². The average Bonchev–Trinajstić information content (AvgIpc) is 3.07. The number of rotatable bonds is 12. The van der Waals surface area contributed by atoms with Crippen LogP contribution in [0.2, 0.25) is 15.1 Å². The van der Waals surface area contributed by atoms with Crippen LogP contribution in [0, 0.1) is 6.92 Å². The first kappa shape index (κ1) is 35.7. The molecule has 1 aliphatic carbocycles. The summed E-state index contributed by atoms with van der Waals surface area (Å²) in [5.74, 6) is -0.931. The third-order valence-corrected chi connectivity index (χ3v) is 11.3. The van der Waals surface area contributed by atoms with Crippen molar-refractivity contribution in [2.24, 2.45) is 0 Å². The second kappa shape index (κ2) is 16.2. The lowest BCUT2D eigenvalue weighted by Gasteiger charge is -2.35. The summed E-state index contributed by atoms with van der Waals surface area (Å²) in [6.45, 7) is 1.12. The number of halogens is 3. The molecule has 4 aromatic rings. The number of sulfonamides is 1. The quantitative estimate of drug-likeness (QED) is 0.159. The van der Waals surface area contributed by atoms with Gasteiger partial charge in [-0.2, -0.15) is 0 Å². The molecule has 0 saturated heterocycles. The molecule has 11 heteroatoms. The molecule has 0 aromatic heterocycles. The lowest BCUT2D eigenvalue weighted by molar-refractivity contribution is -0.140. The Morgan fingerprint density at radius 2 is 1.48 bits per heavy atom. The molecule has 0 aliphatic heterocycles. The fraction of sp³-hybridized carbons (Fsp3) is 0.297. The summed E-state index contributed by atoms with van der Waals surface area (Å²) >= 11 is 19.6. The monoisotopic (exact) mass is 725 g/mol. The van der Waals surface area contributed by atoms with Crippen molar-refractivity contribution in [2.75, 3.05) is 10.8 Å². The van der Waals surface area contributed by atoms with Crippen LogP contribution in [0.1, 0.15) is 48.8 Å². The van der Waals surface area contributed by atoms with Crippen LogP contribution in [0.5, 0.6) is 0 Å². The lowest BCUT2D eigenvalue weighted by Crippen LogP contribution is -2.55. The molecular formula is C37H38Cl3N3O4S. The van der Waals surface area contributed by atoms with Gasteiger partial charge in [0.25, 0.3) is 10.0 Å². The number of hydrogen-bond acceptors (Lipinski definition) is 4.